The van der Waals surface area contributed by atoms with E-state index in [2.05, 4.69) is 55.5 Å². The third kappa shape index (κ3) is 14.8. The van der Waals surface area contributed by atoms with Crippen LogP contribution >= 0.6 is 0 Å². The fourth-order valence-electron chi connectivity index (χ4n) is 1.91. The molecule has 0 unspecified atom stereocenters. The molecule has 0 radical (unpaired) electrons. The summed E-state index contributed by atoms with van der Waals surface area (Å²) in [5.41, 5.74) is 0.447. The Bertz CT molecular complexity index is 488. The molecule has 0 aliphatic heterocycles. The normalized spacial score (nSPS) is 13.5. The summed E-state index contributed by atoms with van der Waals surface area (Å²) in [6, 6.07) is 0. The van der Waals surface area contributed by atoms with Gasteiger partial charge in [0.2, 0.25) is 0 Å². The third-order valence-corrected chi connectivity index (χ3v) is 3.31. The summed E-state index contributed by atoms with van der Waals surface area (Å²) in [6.07, 6.45) is 29.6. The van der Waals surface area contributed by atoms with E-state index in [1.807, 2.05) is 19.1 Å². The Morgan fingerprint density at radius 2 is 1.25 bits per heavy atom. The van der Waals surface area contributed by atoms with E-state index in [1.165, 1.54) is 0 Å². The zero-order valence-corrected chi connectivity index (χ0v) is 15.2. The van der Waals surface area contributed by atoms with Gasteiger partial charge in [-0.05, 0) is 44.9 Å². The zero-order valence-electron chi connectivity index (χ0n) is 15.2. The van der Waals surface area contributed by atoms with Gasteiger partial charge in [0, 0.05) is 5.57 Å². The van der Waals surface area contributed by atoms with Gasteiger partial charge in [-0.25, -0.2) is 4.79 Å². The van der Waals surface area contributed by atoms with E-state index >= 15 is 0 Å². The largest absolute Gasteiger partial charge is 0.478 e. The summed E-state index contributed by atoms with van der Waals surface area (Å²) >= 11 is 0. The predicted octanol–water partition coefficient (Wildman–Crippen LogP) is 6.55. The van der Waals surface area contributed by atoms with Gasteiger partial charge in [-0.2, -0.15) is 0 Å². The molecule has 0 amide bonds. The smallest absolute Gasteiger partial charge is 0.331 e. The summed E-state index contributed by atoms with van der Waals surface area (Å²) < 4.78 is 0. The molecule has 0 fully saturated rings. The maximum Gasteiger partial charge on any atom is 0.331 e. The van der Waals surface area contributed by atoms with Crippen LogP contribution in [0.1, 0.15) is 58.8 Å². The van der Waals surface area contributed by atoms with Gasteiger partial charge in [0.05, 0.1) is 0 Å². The molecule has 132 valence electrons. The van der Waals surface area contributed by atoms with Crippen molar-refractivity contribution in [2.24, 2.45) is 0 Å². The van der Waals surface area contributed by atoms with Gasteiger partial charge in [-0.15, -0.1) is 0 Å². The Balaban J connectivity index is 3.71. The molecule has 0 saturated carbocycles. The second-order valence-electron chi connectivity index (χ2n) is 5.36. The van der Waals surface area contributed by atoms with Crippen molar-refractivity contribution in [1.82, 2.24) is 0 Å². The number of hydrogen-bond acceptors (Lipinski definition) is 1. The lowest BCUT2D eigenvalue weighted by atomic mass is 10.2. The molecule has 0 saturated heterocycles. The topological polar surface area (TPSA) is 37.3 Å². The Kier molecular flexibility index (Phi) is 15.8. The van der Waals surface area contributed by atoms with E-state index in [9.17, 15) is 4.79 Å². The number of unbranched alkanes of at least 4 members (excludes halogenated alkanes) is 1. The van der Waals surface area contributed by atoms with Crippen molar-refractivity contribution in [3.63, 3.8) is 0 Å². The van der Waals surface area contributed by atoms with Gasteiger partial charge in [0.1, 0.15) is 0 Å². The summed E-state index contributed by atoms with van der Waals surface area (Å²) in [5, 5.41) is 8.87. The van der Waals surface area contributed by atoms with Crippen molar-refractivity contribution < 1.29 is 9.90 Å². The predicted molar refractivity (Wildman–Crippen MR) is 105 cm³/mol. The van der Waals surface area contributed by atoms with E-state index in [0.29, 0.717) is 12.0 Å². The van der Waals surface area contributed by atoms with Crippen LogP contribution in [0.2, 0.25) is 0 Å². The highest BCUT2D eigenvalue weighted by Crippen LogP contribution is 2.02. The number of aliphatic carboxylic acids is 1. The van der Waals surface area contributed by atoms with Crippen molar-refractivity contribution in [2.45, 2.75) is 58.8 Å². The van der Waals surface area contributed by atoms with Crippen LogP contribution in [-0.2, 0) is 4.79 Å². The molecular formula is C22H32O2. The molecule has 2 nitrogen and oxygen atoms in total. The number of hydrogen-bond donors (Lipinski definition) is 1. The lowest BCUT2D eigenvalue weighted by Gasteiger charge is -1.93. The minimum Gasteiger partial charge on any atom is -0.478 e. The van der Waals surface area contributed by atoms with Crippen LogP contribution in [-0.4, -0.2) is 11.1 Å². The van der Waals surface area contributed by atoms with E-state index < -0.39 is 5.97 Å². The molecule has 0 aromatic rings. The fraction of sp³-hybridized carbons (Fsp3) is 0.409. The minimum absolute atomic E-state index is 0.447. The van der Waals surface area contributed by atoms with Crippen LogP contribution in [0.5, 0.6) is 0 Å². The molecule has 0 aliphatic carbocycles. The summed E-state index contributed by atoms with van der Waals surface area (Å²) in [5.74, 6) is -0.832. The number of rotatable bonds is 13. The van der Waals surface area contributed by atoms with Gasteiger partial charge in [0.25, 0.3) is 0 Å². The van der Waals surface area contributed by atoms with Crippen molar-refractivity contribution in [1.29, 1.82) is 0 Å². The van der Waals surface area contributed by atoms with Crippen molar-refractivity contribution in [3.05, 3.63) is 72.4 Å². The minimum atomic E-state index is -0.832. The van der Waals surface area contributed by atoms with Crippen LogP contribution < -0.4 is 0 Å². The Labute approximate surface area is 147 Å². The van der Waals surface area contributed by atoms with Crippen molar-refractivity contribution in [3.8, 4) is 0 Å². The second kappa shape index (κ2) is 17.3. The van der Waals surface area contributed by atoms with Gasteiger partial charge in [-0.3, -0.25) is 0 Å². The molecule has 1 N–H and O–H groups in total. The number of carbonyl (C=O) groups is 1. The highest BCUT2D eigenvalue weighted by Gasteiger charge is 2.00. The van der Waals surface area contributed by atoms with Gasteiger partial charge < -0.3 is 5.11 Å². The SMILES string of the molecule is CCC=CCC=CCC=CCC=CCCC=C/C=C(\CC)C(=O)O. The molecule has 0 rings (SSSR count). The van der Waals surface area contributed by atoms with E-state index in [-0.39, 0.29) is 0 Å². The first-order valence-corrected chi connectivity index (χ1v) is 8.91. The van der Waals surface area contributed by atoms with Crippen LogP contribution in [0.4, 0.5) is 0 Å². The zero-order chi connectivity index (χ0) is 17.9. The molecule has 0 bridgehead atoms. The maximum atomic E-state index is 10.8. The van der Waals surface area contributed by atoms with Gasteiger partial charge in [0.15, 0.2) is 0 Å². The number of allylic oxidation sites excluding steroid dienone is 11. The van der Waals surface area contributed by atoms with Gasteiger partial charge >= 0.3 is 5.97 Å². The number of carboxylic acid groups (broad SMARTS) is 1. The quantitative estimate of drug-likeness (QED) is 0.180. The summed E-state index contributed by atoms with van der Waals surface area (Å²) in [7, 11) is 0. The van der Waals surface area contributed by atoms with Crippen LogP contribution in [0.25, 0.3) is 0 Å². The molecular weight excluding hydrogens is 296 g/mol. The van der Waals surface area contributed by atoms with Gasteiger partial charge in [-0.1, -0.05) is 80.7 Å². The molecule has 0 spiro atoms. The Morgan fingerprint density at radius 3 is 1.75 bits per heavy atom. The second-order valence-corrected chi connectivity index (χ2v) is 5.36. The average molecular weight is 328 g/mol. The average Bonchev–Trinajstić information content (AvgIpc) is 2.57. The van der Waals surface area contributed by atoms with Crippen molar-refractivity contribution in [2.75, 3.05) is 0 Å². The summed E-state index contributed by atoms with van der Waals surface area (Å²) in [4.78, 5) is 10.8. The van der Waals surface area contributed by atoms with Crippen molar-refractivity contribution >= 4 is 5.97 Å². The molecule has 0 aromatic heterocycles. The van der Waals surface area contributed by atoms with E-state index in [1.54, 1.807) is 6.08 Å². The van der Waals surface area contributed by atoms with Crippen LogP contribution in [0.15, 0.2) is 72.4 Å². The fourth-order valence-corrected chi connectivity index (χ4v) is 1.91. The molecule has 0 atom stereocenters. The maximum absolute atomic E-state index is 10.8. The standard InChI is InChI=1S/C22H32O2/c1-3-5-6-7-8-9-10-11-12-13-14-15-16-17-18-19-20-21(4-2)22(23)24/h5-6,8-9,11-12,14-15,18-20H,3-4,7,10,13,16-17H2,1-2H3,(H,23,24)/b6-5?,9-8?,12-11?,15-14?,19-18?,21-20+. The molecule has 24 heavy (non-hydrogen) atoms. The summed E-state index contributed by atoms with van der Waals surface area (Å²) in [6.45, 7) is 3.99. The molecule has 0 heterocycles. The molecule has 0 aliphatic rings. The first kappa shape index (κ1) is 21.9. The highest BCUT2D eigenvalue weighted by atomic mass is 16.4. The monoisotopic (exact) mass is 328 g/mol. The highest BCUT2D eigenvalue weighted by molar-refractivity contribution is 5.86. The van der Waals surface area contributed by atoms with Crippen LogP contribution in [0.3, 0.4) is 0 Å². The third-order valence-electron chi connectivity index (χ3n) is 3.31. The first-order chi connectivity index (χ1) is 11.7. The molecule has 0 aromatic carbocycles. The lowest BCUT2D eigenvalue weighted by Crippen LogP contribution is -1.97. The first-order valence-electron chi connectivity index (χ1n) is 8.91. The Morgan fingerprint density at radius 1 is 0.750 bits per heavy atom. The van der Waals surface area contributed by atoms with Crippen LogP contribution in [0, 0.1) is 0 Å². The molecule has 2 heteroatoms. The van der Waals surface area contributed by atoms with E-state index in [4.69, 9.17) is 5.11 Å². The Hall–Kier alpha value is -2.09. The lowest BCUT2D eigenvalue weighted by molar-refractivity contribution is -0.132. The van der Waals surface area contributed by atoms with E-state index in [0.717, 1.165) is 38.5 Å². The number of carboxylic acids is 1.